The first-order valence-electron chi connectivity index (χ1n) is 4.16. The molecule has 0 saturated carbocycles. The Balaban J connectivity index is 0.00000196. The largest absolute Gasteiger partial charge is 1.00 e. The van der Waals surface area contributed by atoms with E-state index in [0.717, 1.165) is 0 Å². The van der Waals surface area contributed by atoms with Gasteiger partial charge in [-0.25, -0.2) is 0 Å². The van der Waals surface area contributed by atoms with Crippen LogP contribution in [0.4, 0.5) is 0 Å². The predicted octanol–water partition coefficient (Wildman–Crippen LogP) is -1.36. The Morgan fingerprint density at radius 3 is 2.40 bits per heavy atom. The Morgan fingerprint density at radius 1 is 1.40 bits per heavy atom. The van der Waals surface area contributed by atoms with E-state index in [-0.39, 0.29) is 56.3 Å². The zero-order chi connectivity index (χ0) is 10.8. The van der Waals surface area contributed by atoms with E-state index in [1.54, 1.807) is 13.0 Å². The number of benzene rings is 1. The Labute approximate surface area is 132 Å². The van der Waals surface area contributed by atoms with Gasteiger partial charge >= 0.3 is 51.4 Å². The maximum atomic E-state index is 10.8. The summed E-state index contributed by atoms with van der Waals surface area (Å²) in [5.41, 5.74) is 0.471. The van der Waals surface area contributed by atoms with Crippen molar-refractivity contribution in [2.45, 2.75) is 18.7 Å². The van der Waals surface area contributed by atoms with Crippen molar-refractivity contribution in [3.8, 4) is 5.75 Å². The first-order valence-corrected chi connectivity index (χ1v) is 5.60. The maximum Gasteiger partial charge on any atom is 1.00 e. The second-order valence-corrected chi connectivity index (χ2v) is 4.23. The summed E-state index contributed by atoms with van der Waals surface area (Å²) >= 11 is 0. The molecule has 1 aromatic rings. The summed E-state index contributed by atoms with van der Waals surface area (Å²) in [6.07, 6.45) is 0. The Kier molecular flexibility index (Phi) is 6.58. The third kappa shape index (κ3) is 4.52. The van der Waals surface area contributed by atoms with Crippen LogP contribution in [-0.2, 0) is 10.1 Å². The van der Waals surface area contributed by atoms with Crippen molar-refractivity contribution in [2.75, 3.05) is 6.61 Å². The molecule has 1 rings (SSSR count). The van der Waals surface area contributed by atoms with E-state index in [1.165, 1.54) is 12.1 Å². The molecule has 0 radical (unpaired) electrons. The van der Waals surface area contributed by atoms with Crippen molar-refractivity contribution in [1.29, 1.82) is 0 Å². The van der Waals surface area contributed by atoms with Crippen LogP contribution in [0, 0.1) is 6.92 Å². The van der Waals surface area contributed by atoms with E-state index in [9.17, 15) is 8.42 Å². The molecular weight excluding hydrogens is 243 g/mol. The summed E-state index contributed by atoms with van der Waals surface area (Å²) in [5.74, 6) is 0.595. The Morgan fingerprint density at radius 2 is 2.00 bits per heavy atom. The van der Waals surface area contributed by atoms with Gasteiger partial charge < -0.3 is 4.74 Å². The minimum atomic E-state index is -4.12. The summed E-state index contributed by atoms with van der Waals surface area (Å²) in [5, 5.41) is 0. The fourth-order valence-corrected chi connectivity index (χ4v) is 1.87. The van der Waals surface area contributed by atoms with E-state index in [2.05, 4.69) is 0 Å². The molecule has 0 unspecified atom stereocenters. The van der Waals surface area contributed by atoms with Gasteiger partial charge in [-0.05, 0) is 37.6 Å². The molecular formula is C9H12KO4S+. The number of hydrogen-bond donors (Lipinski definition) is 1. The fraction of sp³-hybridized carbons (Fsp3) is 0.333. The summed E-state index contributed by atoms with van der Waals surface area (Å²) in [4.78, 5) is -0.0825. The third-order valence-corrected chi connectivity index (χ3v) is 2.75. The van der Waals surface area contributed by atoms with Crippen LogP contribution < -0.4 is 56.1 Å². The van der Waals surface area contributed by atoms with Crippen molar-refractivity contribution >= 4 is 10.1 Å². The molecule has 0 atom stereocenters. The van der Waals surface area contributed by atoms with Crippen LogP contribution in [0.1, 0.15) is 12.5 Å². The predicted molar refractivity (Wildman–Crippen MR) is 52.2 cm³/mol. The van der Waals surface area contributed by atoms with E-state index in [1.807, 2.05) is 6.92 Å². The molecule has 1 N–H and O–H groups in total. The third-order valence-electron chi connectivity index (χ3n) is 1.74. The van der Waals surface area contributed by atoms with Gasteiger partial charge in [0.15, 0.2) is 0 Å². The topological polar surface area (TPSA) is 63.6 Å². The van der Waals surface area contributed by atoms with Crippen molar-refractivity contribution in [1.82, 2.24) is 0 Å². The van der Waals surface area contributed by atoms with Gasteiger partial charge in [-0.1, -0.05) is 0 Å². The monoisotopic (exact) mass is 255 g/mol. The zero-order valence-corrected chi connectivity index (χ0v) is 13.0. The van der Waals surface area contributed by atoms with Gasteiger partial charge in [0.2, 0.25) is 0 Å². The van der Waals surface area contributed by atoms with Crippen LogP contribution in [0.5, 0.6) is 5.75 Å². The molecule has 0 fully saturated rings. The van der Waals surface area contributed by atoms with Gasteiger partial charge in [0.25, 0.3) is 10.1 Å². The Bertz CT molecular complexity index is 428. The van der Waals surface area contributed by atoms with Gasteiger partial charge in [-0.2, -0.15) is 8.42 Å². The van der Waals surface area contributed by atoms with E-state index < -0.39 is 10.1 Å². The van der Waals surface area contributed by atoms with E-state index in [4.69, 9.17) is 9.29 Å². The molecule has 0 spiro atoms. The average Bonchev–Trinajstić information content (AvgIpc) is 2.02. The minimum absolute atomic E-state index is 0. The quantitative estimate of drug-likeness (QED) is 0.535. The van der Waals surface area contributed by atoms with Gasteiger partial charge in [0, 0.05) is 0 Å². The van der Waals surface area contributed by atoms with Crippen LogP contribution in [0.15, 0.2) is 23.1 Å². The standard InChI is InChI=1S/C9H12O4S.K/c1-3-13-8-4-5-9(7(2)6-8)14(10,11)12;/h4-6H,3H2,1-2H3,(H,10,11,12);/q;+1. The second-order valence-electron chi connectivity index (χ2n) is 2.84. The molecule has 0 aliphatic carbocycles. The SMILES string of the molecule is CCOc1ccc(S(=O)(=O)O)c(C)c1.[K+]. The van der Waals surface area contributed by atoms with E-state index >= 15 is 0 Å². The first-order chi connectivity index (χ1) is 6.45. The number of hydrogen-bond acceptors (Lipinski definition) is 3. The molecule has 0 aliphatic heterocycles. The van der Waals surface area contributed by atoms with Crippen LogP contribution in [-0.4, -0.2) is 19.6 Å². The Hall–Kier alpha value is 0.566. The molecule has 4 nitrogen and oxygen atoms in total. The molecule has 0 heterocycles. The second kappa shape index (κ2) is 6.34. The van der Waals surface area contributed by atoms with Crippen LogP contribution in [0.2, 0.25) is 0 Å². The molecule has 0 bridgehead atoms. The molecule has 0 aromatic heterocycles. The number of ether oxygens (including phenoxy) is 1. The summed E-state index contributed by atoms with van der Waals surface area (Å²) in [6.45, 7) is 3.96. The minimum Gasteiger partial charge on any atom is -0.494 e. The van der Waals surface area contributed by atoms with Gasteiger partial charge in [0.1, 0.15) is 5.75 Å². The van der Waals surface area contributed by atoms with Gasteiger partial charge in [-0.15, -0.1) is 0 Å². The van der Waals surface area contributed by atoms with Crippen LogP contribution in [0.25, 0.3) is 0 Å². The van der Waals surface area contributed by atoms with Crippen molar-refractivity contribution in [3.05, 3.63) is 23.8 Å². The maximum absolute atomic E-state index is 10.8. The molecule has 0 amide bonds. The molecule has 0 saturated heterocycles. The van der Waals surface area contributed by atoms with Crippen LogP contribution >= 0.6 is 0 Å². The van der Waals surface area contributed by atoms with Crippen LogP contribution in [0.3, 0.4) is 0 Å². The summed E-state index contributed by atoms with van der Waals surface area (Å²) in [6, 6.07) is 4.42. The fourth-order valence-electron chi connectivity index (χ4n) is 1.17. The molecule has 78 valence electrons. The van der Waals surface area contributed by atoms with E-state index in [0.29, 0.717) is 17.9 Å². The summed E-state index contributed by atoms with van der Waals surface area (Å²) < 4.78 is 35.7. The van der Waals surface area contributed by atoms with Gasteiger partial charge in [0.05, 0.1) is 11.5 Å². The normalized spacial score (nSPS) is 10.6. The molecule has 15 heavy (non-hydrogen) atoms. The first kappa shape index (κ1) is 15.6. The van der Waals surface area contributed by atoms with Crippen molar-refractivity contribution in [3.63, 3.8) is 0 Å². The summed E-state index contributed by atoms with van der Waals surface area (Å²) in [7, 11) is -4.12. The number of aryl methyl sites for hydroxylation is 1. The zero-order valence-electron chi connectivity index (χ0n) is 9.02. The van der Waals surface area contributed by atoms with Crippen molar-refractivity contribution in [2.24, 2.45) is 0 Å². The molecule has 1 aromatic carbocycles. The number of rotatable bonds is 3. The van der Waals surface area contributed by atoms with Gasteiger partial charge in [-0.3, -0.25) is 4.55 Å². The average molecular weight is 255 g/mol. The molecule has 0 aliphatic rings. The smallest absolute Gasteiger partial charge is 0.494 e. The van der Waals surface area contributed by atoms with Crippen molar-refractivity contribution < 1.29 is 69.1 Å². The molecule has 6 heteroatoms.